The van der Waals surface area contributed by atoms with Crippen molar-refractivity contribution in [2.24, 2.45) is 0 Å². The van der Waals surface area contributed by atoms with Gasteiger partial charge in [-0.15, -0.1) is 0 Å². The molecule has 0 bridgehead atoms. The van der Waals surface area contributed by atoms with Crippen LogP contribution in [0.15, 0.2) is 37.1 Å². The van der Waals surface area contributed by atoms with Gasteiger partial charge in [0.15, 0.2) is 6.29 Å². The zero-order valence-corrected chi connectivity index (χ0v) is 19.5. The Labute approximate surface area is 201 Å². The molecular formula is C23H26N10O2. The molecule has 0 spiro atoms. The molecule has 0 radical (unpaired) electrons. The number of hydrogen-bond donors (Lipinski definition) is 3. The fourth-order valence-electron chi connectivity index (χ4n) is 4.06. The first-order valence-corrected chi connectivity index (χ1v) is 11.4. The van der Waals surface area contributed by atoms with Gasteiger partial charge < -0.3 is 24.7 Å². The first-order chi connectivity index (χ1) is 17.0. The number of hydrogen-bond acceptors (Lipinski definition) is 8. The van der Waals surface area contributed by atoms with Crippen LogP contribution in [0.4, 0.5) is 16.6 Å². The van der Waals surface area contributed by atoms with Gasteiger partial charge in [0.2, 0.25) is 5.95 Å². The van der Waals surface area contributed by atoms with Crippen molar-refractivity contribution in [2.75, 3.05) is 50.0 Å². The summed E-state index contributed by atoms with van der Waals surface area (Å²) in [6, 6.07) is 5.42. The maximum atomic E-state index is 12.1. The second-order valence-corrected chi connectivity index (χ2v) is 8.33. The highest BCUT2D eigenvalue weighted by molar-refractivity contribution is 5.96. The van der Waals surface area contributed by atoms with Crippen molar-refractivity contribution in [2.45, 2.75) is 6.92 Å². The number of rotatable bonds is 6. The lowest BCUT2D eigenvalue weighted by atomic mass is 10.1. The molecule has 0 unspecified atom stereocenters. The highest BCUT2D eigenvalue weighted by Crippen LogP contribution is 2.31. The SMILES string of the molecule is CCNC(=O)Nc1nc2cc(-n3cnc(C=O)c3)cc(-c3cc(N4CCN(C)CC4)ncn3)c2[nH]1. The minimum absolute atomic E-state index is 0.317. The van der Waals surface area contributed by atoms with E-state index in [0.29, 0.717) is 35.7 Å². The number of likely N-dealkylation sites (N-methyl/N-ethyl adjacent to an activating group) is 1. The minimum atomic E-state index is -0.349. The summed E-state index contributed by atoms with van der Waals surface area (Å²) >= 11 is 0. The number of amides is 2. The van der Waals surface area contributed by atoms with Crippen LogP contribution >= 0.6 is 0 Å². The number of aromatic amines is 1. The van der Waals surface area contributed by atoms with E-state index in [1.807, 2.05) is 25.1 Å². The quantitative estimate of drug-likeness (QED) is 0.361. The molecule has 12 heteroatoms. The van der Waals surface area contributed by atoms with E-state index in [4.69, 9.17) is 0 Å². The molecule has 0 saturated carbocycles. The van der Waals surface area contributed by atoms with Crippen molar-refractivity contribution < 1.29 is 9.59 Å². The number of benzene rings is 1. The van der Waals surface area contributed by atoms with Gasteiger partial charge >= 0.3 is 6.03 Å². The lowest BCUT2D eigenvalue weighted by Crippen LogP contribution is -2.44. The monoisotopic (exact) mass is 474 g/mol. The van der Waals surface area contributed by atoms with Crippen molar-refractivity contribution in [1.29, 1.82) is 0 Å². The van der Waals surface area contributed by atoms with Gasteiger partial charge in [0.25, 0.3) is 0 Å². The molecule has 4 aromatic rings. The van der Waals surface area contributed by atoms with Gasteiger partial charge in [0.1, 0.15) is 24.2 Å². The van der Waals surface area contributed by atoms with Crippen molar-refractivity contribution >= 4 is 35.1 Å². The molecule has 3 aromatic heterocycles. The molecule has 5 rings (SSSR count). The third-order valence-corrected chi connectivity index (χ3v) is 5.92. The molecule has 0 aliphatic carbocycles. The fraction of sp³-hybridized carbons (Fsp3) is 0.304. The Kier molecular flexibility index (Phi) is 6.10. The maximum Gasteiger partial charge on any atom is 0.321 e. The number of carbonyl (C=O) groups is 2. The third kappa shape index (κ3) is 4.68. The van der Waals surface area contributed by atoms with Crippen LogP contribution in [0.2, 0.25) is 0 Å². The predicted octanol–water partition coefficient (Wildman–Crippen LogP) is 1.91. The average molecular weight is 475 g/mol. The number of piperazine rings is 1. The van der Waals surface area contributed by atoms with Gasteiger partial charge in [-0.2, -0.15) is 0 Å². The van der Waals surface area contributed by atoms with Crippen molar-refractivity contribution in [3.05, 3.63) is 42.7 Å². The summed E-state index contributed by atoms with van der Waals surface area (Å²) < 4.78 is 1.75. The molecule has 1 aromatic carbocycles. The lowest BCUT2D eigenvalue weighted by molar-refractivity contribution is 0.111. The van der Waals surface area contributed by atoms with Gasteiger partial charge in [-0.1, -0.05) is 0 Å². The molecule has 2 amide bonds. The summed E-state index contributed by atoms with van der Waals surface area (Å²) in [5.41, 5.74) is 3.93. The van der Waals surface area contributed by atoms with E-state index in [-0.39, 0.29) is 6.03 Å². The molecule has 0 atom stereocenters. The Balaban J connectivity index is 1.59. The van der Waals surface area contributed by atoms with Gasteiger partial charge in [-0.05, 0) is 26.1 Å². The van der Waals surface area contributed by atoms with E-state index >= 15 is 0 Å². The number of nitrogens with zero attached hydrogens (tertiary/aromatic N) is 7. The lowest BCUT2D eigenvalue weighted by Gasteiger charge is -2.33. The van der Waals surface area contributed by atoms with E-state index in [0.717, 1.165) is 48.8 Å². The van der Waals surface area contributed by atoms with Crippen LogP contribution in [0.25, 0.3) is 28.0 Å². The highest BCUT2D eigenvalue weighted by Gasteiger charge is 2.19. The van der Waals surface area contributed by atoms with Crippen molar-refractivity contribution in [3.8, 4) is 16.9 Å². The number of carbonyl (C=O) groups excluding carboxylic acids is 2. The van der Waals surface area contributed by atoms with Crippen LogP contribution in [-0.2, 0) is 0 Å². The normalized spacial score (nSPS) is 14.3. The maximum absolute atomic E-state index is 12.1. The van der Waals surface area contributed by atoms with E-state index in [1.165, 1.54) is 0 Å². The number of nitrogens with one attached hydrogen (secondary N) is 3. The standard InChI is InChI=1S/C23H26N10O2/c1-3-24-23(35)30-22-28-19-9-16(33-11-15(12-34)27-14-33)8-17(21(19)29-22)18-10-20(26-13-25-18)32-6-4-31(2)5-7-32/h8-14H,3-7H2,1-2H3,(H3,24,28,29,30,35). The topological polar surface area (TPSA) is 137 Å². The second-order valence-electron chi connectivity index (χ2n) is 8.33. The molecular weight excluding hydrogens is 448 g/mol. The number of aldehydes is 1. The van der Waals surface area contributed by atoms with E-state index in [1.54, 1.807) is 23.4 Å². The second kappa shape index (κ2) is 9.50. The minimum Gasteiger partial charge on any atom is -0.354 e. The van der Waals surface area contributed by atoms with E-state index in [9.17, 15) is 9.59 Å². The predicted molar refractivity (Wildman–Crippen MR) is 132 cm³/mol. The zero-order chi connectivity index (χ0) is 24.4. The number of H-pyrrole nitrogens is 1. The summed E-state index contributed by atoms with van der Waals surface area (Å²) in [5.74, 6) is 1.17. The van der Waals surface area contributed by atoms with Crippen molar-refractivity contribution in [1.82, 2.24) is 39.7 Å². The largest absolute Gasteiger partial charge is 0.354 e. The van der Waals surface area contributed by atoms with Crippen LogP contribution < -0.4 is 15.5 Å². The van der Waals surface area contributed by atoms with E-state index < -0.39 is 0 Å². The van der Waals surface area contributed by atoms with Crippen LogP contribution in [0, 0.1) is 0 Å². The highest BCUT2D eigenvalue weighted by atomic mass is 16.2. The van der Waals surface area contributed by atoms with Gasteiger partial charge in [-0.3, -0.25) is 10.1 Å². The molecule has 35 heavy (non-hydrogen) atoms. The Morgan fingerprint density at radius 2 is 1.97 bits per heavy atom. The smallest absolute Gasteiger partial charge is 0.321 e. The number of anilines is 2. The van der Waals surface area contributed by atoms with Crippen LogP contribution in [-0.4, -0.2) is 86.5 Å². The molecule has 1 aliphatic heterocycles. The fourth-order valence-corrected chi connectivity index (χ4v) is 4.06. The van der Waals surface area contributed by atoms with Crippen LogP contribution in [0.1, 0.15) is 17.4 Å². The summed E-state index contributed by atoms with van der Waals surface area (Å²) in [7, 11) is 2.11. The average Bonchev–Trinajstić information content (AvgIpc) is 3.51. The van der Waals surface area contributed by atoms with Gasteiger partial charge in [-0.25, -0.2) is 24.7 Å². The summed E-state index contributed by atoms with van der Waals surface area (Å²) in [5, 5.41) is 5.42. The number of aromatic nitrogens is 6. The Hall–Kier alpha value is -4.32. The Bertz CT molecular complexity index is 1370. The molecule has 1 saturated heterocycles. The third-order valence-electron chi connectivity index (χ3n) is 5.92. The summed E-state index contributed by atoms with van der Waals surface area (Å²) in [6.07, 6.45) is 5.48. The van der Waals surface area contributed by atoms with E-state index in [2.05, 4.69) is 52.4 Å². The van der Waals surface area contributed by atoms with Crippen LogP contribution in [0.5, 0.6) is 0 Å². The molecule has 180 valence electrons. The van der Waals surface area contributed by atoms with Gasteiger partial charge in [0.05, 0.1) is 16.7 Å². The molecule has 4 heterocycles. The zero-order valence-electron chi connectivity index (χ0n) is 19.5. The molecule has 1 aliphatic rings. The summed E-state index contributed by atoms with van der Waals surface area (Å²) in [6.45, 7) is 6.04. The van der Waals surface area contributed by atoms with Crippen molar-refractivity contribution in [3.63, 3.8) is 0 Å². The molecule has 12 nitrogen and oxygen atoms in total. The Morgan fingerprint density at radius 3 is 2.71 bits per heavy atom. The van der Waals surface area contributed by atoms with Gasteiger partial charge in [0, 0.05) is 56.2 Å². The molecule has 3 N–H and O–H groups in total. The number of imidazole rings is 2. The Morgan fingerprint density at radius 1 is 1.14 bits per heavy atom. The first-order valence-electron chi connectivity index (χ1n) is 11.4. The number of urea groups is 1. The molecule has 1 fully saturated rings. The van der Waals surface area contributed by atoms with Crippen LogP contribution in [0.3, 0.4) is 0 Å². The first kappa shape index (κ1) is 22.5. The summed E-state index contributed by atoms with van der Waals surface area (Å²) in [4.78, 5) is 48.7. The number of fused-ring (bicyclic) bond motifs is 1.